The molecule has 0 atom stereocenters. The number of aryl methyl sites for hydroxylation is 1. The zero-order valence-electron chi connectivity index (χ0n) is 13.2. The molecule has 0 aliphatic carbocycles. The minimum Gasteiger partial charge on any atom is -0.454 e. The van der Waals surface area contributed by atoms with Crippen molar-refractivity contribution in [2.24, 2.45) is 5.92 Å². The summed E-state index contributed by atoms with van der Waals surface area (Å²) in [5.41, 5.74) is 1.04. The molecule has 0 saturated heterocycles. The lowest BCUT2D eigenvalue weighted by molar-refractivity contribution is -0.116. The lowest BCUT2D eigenvalue weighted by Gasteiger charge is -2.03. The van der Waals surface area contributed by atoms with Gasteiger partial charge in [0, 0.05) is 12.8 Å². The van der Waals surface area contributed by atoms with Crippen molar-refractivity contribution >= 4 is 22.4 Å². The number of fused-ring (bicyclic) bond motifs is 1. The Morgan fingerprint density at radius 2 is 2.13 bits per heavy atom. The van der Waals surface area contributed by atoms with Crippen LogP contribution in [0.5, 0.6) is 11.5 Å². The quantitative estimate of drug-likeness (QED) is 0.879. The number of anilines is 1. The summed E-state index contributed by atoms with van der Waals surface area (Å²) in [4.78, 5) is 12.0. The van der Waals surface area contributed by atoms with E-state index >= 15 is 0 Å². The van der Waals surface area contributed by atoms with Gasteiger partial charge in [-0.25, -0.2) is 0 Å². The first-order valence-corrected chi connectivity index (χ1v) is 8.42. The van der Waals surface area contributed by atoms with E-state index in [4.69, 9.17) is 9.47 Å². The fraction of sp³-hybridized carbons (Fsp3) is 0.438. The summed E-state index contributed by atoms with van der Waals surface area (Å²) in [5.74, 6) is 1.96. The fourth-order valence-corrected chi connectivity index (χ4v) is 3.24. The molecule has 1 amide bonds. The van der Waals surface area contributed by atoms with Crippen molar-refractivity contribution in [3.63, 3.8) is 0 Å². The zero-order valence-corrected chi connectivity index (χ0v) is 14.0. The first-order valence-electron chi connectivity index (χ1n) is 7.61. The average Bonchev–Trinajstić information content (AvgIpc) is 3.13. The smallest absolute Gasteiger partial charge is 0.231 e. The molecule has 0 spiro atoms. The number of rotatable bonds is 6. The molecular weight excluding hydrogens is 314 g/mol. The summed E-state index contributed by atoms with van der Waals surface area (Å²) in [5, 5.41) is 12.4. The second-order valence-corrected chi connectivity index (χ2v) is 6.90. The number of carbonyl (C=O) groups is 1. The van der Waals surface area contributed by atoms with Crippen LogP contribution in [0.25, 0.3) is 0 Å². The van der Waals surface area contributed by atoms with Gasteiger partial charge in [0.1, 0.15) is 5.01 Å². The number of nitrogens with one attached hydrogen (secondary N) is 1. The summed E-state index contributed by atoms with van der Waals surface area (Å²) < 4.78 is 10.6. The molecule has 1 aromatic carbocycles. The van der Waals surface area contributed by atoms with Gasteiger partial charge in [0.2, 0.25) is 17.8 Å². The van der Waals surface area contributed by atoms with Gasteiger partial charge in [-0.15, -0.1) is 10.2 Å². The molecule has 0 saturated carbocycles. The minimum absolute atomic E-state index is 0.0603. The largest absolute Gasteiger partial charge is 0.454 e. The third-order valence-corrected chi connectivity index (χ3v) is 4.23. The van der Waals surface area contributed by atoms with Crippen molar-refractivity contribution < 1.29 is 14.3 Å². The highest BCUT2D eigenvalue weighted by molar-refractivity contribution is 7.15. The van der Waals surface area contributed by atoms with E-state index in [1.54, 1.807) is 0 Å². The fourth-order valence-electron chi connectivity index (χ4n) is 2.27. The summed E-state index contributed by atoms with van der Waals surface area (Å²) in [6.07, 6.45) is 1.91. The number of nitrogens with zero attached hydrogens (tertiary/aromatic N) is 2. The van der Waals surface area contributed by atoms with Crippen molar-refractivity contribution in [3.05, 3.63) is 28.8 Å². The van der Waals surface area contributed by atoms with Gasteiger partial charge in [-0.2, -0.15) is 0 Å². The van der Waals surface area contributed by atoms with Gasteiger partial charge in [-0.1, -0.05) is 31.3 Å². The van der Waals surface area contributed by atoms with Crippen LogP contribution in [0.1, 0.15) is 30.8 Å². The first-order chi connectivity index (χ1) is 11.1. The predicted octanol–water partition coefficient (Wildman–Crippen LogP) is 3.04. The molecule has 1 aromatic heterocycles. The average molecular weight is 333 g/mol. The highest BCUT2D eigenvalue weighted by atomic mass is 32.1. The summed E-state index contributed by atoms with van der Waals surface area (Å²) >= 11 is 1.44. The van der Waals surface area contributed by atoms with Crippen LogP contribution in [-0.4, -0.2) is 22.9 Å². The van der Waals surface area contributed by atoms with Crippen LogP contribution in [0.2, 0.25) is 0 Å². The Hall–Kier alpha value is -2.15. The van der Waals surface area contributed by atoms with E-state index in [0.29, 0.717) is 23.9 Å². The van der Waals surface area contributed by atoms with Crippen LogP contribution in [0.4, 0.5) is 5.13 Å². The molecule has 122 valence electrons. The van der Waals surface area contributed by atoms with Gasteiger partial charge < -0.3 is 14.8 Å². The number of benzene rings is 1. The van der Waals surface area contributed by atoms with Crippen LogP contribution in [0.3, 0.4) is 0 Å². The SMILES string of the molecule is CC(C)Cc1nnc(NC(=O)CCc2ccc3c(c2)OCO3)s1. The molecule has 0 fully saturated rings. The van der Waals surface area contributed by atoms with E-state index in [2.05, 4.69) is 29.4 Å². The predicted molar refractivity (Wildman–Crippen MR) is 88.0 cm³/mol. The van der Waals surface area contributed by atoms with Crippen LogP contribution in [0.15, 0.2) is 18.2 Å². The monoisotopic (exact) mass is 333 g/mol. The molecular formula is C16H19N3O3S. The van der Waals surface area contributed by atoms with E-state index in [9.17, 15) is 4.79 Å². The molecule has 0 unspecified atom stereocenters. The Morgan fingerprint density at radius 1 is 1.30 bits per heavy atom. The van der Waals surface area contributed by atoms with E-state index in [1.165, 1.54) is 11.3 Å². The first kappa shape index (κ1) is 15.7. The number of aromatic nitrogens is 2. The zero-order chi connectivity index (χ0) is 16.2. The van der Waals surface area contributed by atoms with Crippen molar-refractivity contribution in [2.45, 2.75) is 33.1 Å². The Bertz CT molecular complexity index is 700. The van der Waals surface area contributed by atoms with Gasteiger partial charge in [0.15, 0.2) is 11.5 Å². The van der Waals surface area contributed by atoms with Gasteiger partial charge in [-0.05, 0) is 30.0 Å². The maximum Gasteiger partial charge on any atom is 0.231 e. The van der Waals surface area contributed by atoms with Crippen LogP contribution in [0, 0.1) is 5.92 Å². The highest BCUT2D eigenvalue weighted by Crippen LogP contribution is 2.32. The van der Waals surface area contributed by atoms with Crippen molar-refractivity contribution in [1.29, 1.82) is 0 Å². The summed E-state index contributed by atoms with van der Waals surface area (Å²) in [6, 6.07) is 5.74. The maximum absolute atomic E-state index is 12.0. The number of ether oxygens (including phenoxy) is 2. The molecule has 1 aliphatic heterocycles. The molecule has 2 heterocycles. The molecule has 3 rings (SSSR count). The van der Waals surface area contributed by atoms with Gasteiger partial charge in [-0.3, -0.25) is 4.79 Å². The minimum atomic E-state index is -0.0603. The van der Waals surface area contributed by atoms with Gasteiger partial charge in [0.05, 0.1) is 0 Å². The molecule has 0 bridgehead atoms. The lowest BCUT2D eigenvalue weighted by atomic mass is 10.1. The van der Waals surface area contributed by atoms with Crippen molar-refractivity contribution in [2.75, 3.05) is 12.1 Å². The molecule has 6 nitrogen and oxygen atoms in total. The van der Waals surface area contributed by atoms with Crippen LogP contribution < -0.4 is 14.8 Å². The second kappa shape index (κ2) is 6.95. The summed E-state index contributed by atoms with van der Waals surface area (Å²) in [6.45, 7) is 4.52. The van der Waals surface area contributed by atoms with Gasteiger partial charge in [0.25, 0.3) is 0 Å². The Morgan fingerprint density at radius 3 is 2.96 bits per heavy atom. The van der Waals surface area contributed by atoms with Crippen molar-refractivity contribution in [3.8, 4) is 11.5 Å². The number of amides is 1. The molecule has 0 radical (unpaired) electrons. The third-order valence-electron chi connectivity index (χ3n) is 3.37. The van der Waals surface area contributed by atoms with E-state index < -0.39 is 0 Å². The van der Waals surface area contributed by atoms with Gasteiger partial charge >= 0.3 is 0 Å². The Labute approximate surface area is 138 Å². The van der Waals surface area contributed by atoms with Crippen LogP contribution >= 0.6 is 11.3 Å². The Balaban J connectivity index is 1.50. The number of hydrogen-bond acceptors (Lipinski definition) is 6. The van der Waals surface area contributed by atoms with E-state index in [-0.39, 0.29) is 12.7 Å². The second-order valence-electron chi connectivity index (χ2n) is 5.83. The highest BCUT2D eigenvalue weighted by Gasteiger charge is 2.14. The molecule has 1 aliphatic rings. The van der Waals surface area contributed by atoms with E-state index in [0.717, 1.165) is 28.5 Å². The van der Waals surface area contributed by atoms with Crippen molar-refractivity contribution in [1.82, 2.24) is 10.2 Å². The normalized spacial score (nSPS) is 12.7. The number of hydrogen-bond donors (Lipinski definition) is 1. The number of carbonyl (C=O) groups excluding carboxylic acids is 1. The van der Waals surface area contributed by atoms with Crippen LogP contribution in [-0.2, 0) is 17.6 Å². The standard InChI is InChI=1S/C16H19N3O3S/c1-10(2)7-15-18-19-16(23-15)17-14(20)6-4-11-3-5-12-13(8-11)22-9-21-12/h3,5,8,10H,4,6-7,9H2,1-2H3,(H,17,19,20). The summed E-state index contributed by atoms with van der Waals surface area (Å²) in [7, 11) is 0. The molecule has 2 aromatic rings. The van der Waals surface area contributed by atoms with E-state index in [1.807, 2.05) is 18.2 Å². The molecule has 7 heteroatoms. The lowest BCUT2D eigenvalue weighted by Crippen LogP contribution is -2.12. The molecule has 1 N–H and O–H groups in total. The maximum atomic E-state index is 12.0. The third kappa shape index (κ3) is 4.19. The topological polar surface area (TPSA) is 73.3 Å². The Kier molecular flexibility index (Phi) is 4.76. The molecule has 23 heavy (non-hydrogen) atoms.